The summed E-state index contributed by atoms with van der Waals surface area (Å²) in [5.74, 6) is -0.0571. The molecule has 0 aliphatic carbocycles. The molecular weight excluding hydrogens is 288 g/mol. The topological polar surface area (TPSA) is 35.0 Å². The SMILES string of the molecule is COc1cc(F)ccc1-c1nccc(CCC(F)(F)F)n1. The Morgan fingerprint density at radius 3 is 2.62 bits per heavy atom. The quantitative estimate of drug-likeness (QED) is 0.806. The molecule has 0 amide bonds. The maximum atomic E-state index is 13.1. The van der Waals surface area contributed by atoms with E-state index in [2.05, 4.69) is 9.97 Å². The highest BCUT2D eigenvalue weighted by atomic mass is 19.4. The van der Waals surface area contributed by atoms with Crippen LogP contribution in [0.1, 0.15) is 12.1 Å². The van der Waals surface area contributed by atoms with Crippen molar-refractivity contribution in [3.8, 4) is 17.1 Å². The van der Waals surface area contributed by atoms with Crippen molar-refractivity contribution < 1.29 is 22.3 Å². The van der Waals surface area contributed by atoms with Gasteiger partial charge >= 0.3 is 6.18 Å². The normalized spacial score (nSPS) is 11.5. The minimum atomic E-state index is -4.24. The molecule has 3 nitrogen and oxygen atoms in total. The monoisotopic (exact) mass is 300 g/mol. The van der Waals surface area contributed by atoms with Gasteiger partial charge in [0.25, 0.3) is 0 Å². The maximum absolute atomic E-state index is 13.1. The smallest absolute Gasteiger partial charge is 0.389 e. The molecule has 2 aromatic rings. The Balaban J connectivity index is 2.29. The second kappa shape index (κ2) is 6.07. The van der Waals surface area contributed by atoms with Crippen LogP contribution >= 0.6 is 0 Å². The predicted octanol–water partition coefficient (Wildman–Crippen LogP) is 3.79. The lowest BCUT2D eigenvalue weighted by atomic mass is 10.1. The van der Waals surface area contributed by atoms with Crippen LogP contribution in [-0.2, 0) is 6.42 Å². The number of halogens is 4. The first-order chi connectivity index (χ1) is 9.89. The van der Waals surface area contributed by atoms with Crippen LogP contribution in [0.5, 0.6) is 5.75 Å². The molecule has 21 heavy (non-hydrogen) atoms. The largest absolute Gasteiger partial charge is 0.496 e. The lowest BCUT2D eigenvalue weighted by Crippen LogP contribution is -2.09. The first-order valence-corrected chi connectivity index (χ1v) is 6.11. The Kier molecular flexibility index (Phi) is 4.40. The second-order valence-corrected chi connectivity index (χ2v) is 4.33. The van der Waals surface area contributed by atoms with Crippen molar-refractivity contribution in [2.75, 3.05) is 7.11 Å². The van der Waals surface area contributed by atoms with E-state index in [-0.39, 0.29) is 23.7 Å². The van der Waals surface area contributed by atoms with Gasteiger partial charge in [0.15, 0.2) is 5.82 Å². The molecule has 0 fully saturated rings. The Hall–Kier alpha value is -2.18. The van der Waals surface area contributed by atoms with Gasteiger partial charge in [-0.25, -0.2) is 14.4 Å². The Labute approximate surface area is 118 Å². The molecule has 0 aliphatic heterocycles. The van der Waals surface area contributed by atoms with Gasteiger partial charge in [0.2, 0.25) is 0 Å². The zero-order chi connectivity index (χ0) is 15.5. The lowest BCUT2D eigenvalue weighted by Gasteiger charge is -2.09. The minimum absolute atomic E-state index is 0.200. The highest BCUT2D eigenvalue weighted by Crippen LogP contribution is 2.28. The van der Waals surface area contributed by atoms with E-state index in [1.165, 1.54) is 37.6 Å². The number of nitrogens with zero attached hydrogens (tertiary/aromatic N) is 2. The zero-order valence-electron chi connectivity index (χ0n) is 11.1. The van der Waals surface area contributed by atoms with Crippen molar-refractivity contribution in [3.05, 3.63) is 42.0 Å². The summed E-state index contributed by atoms with van der Waals surface area (Å²) in [6.07, 6.45) is -4.05. The molecular formula is C14H12F4N2O. The van der Waals surface area contributed by atoms with Gasteiger partial charge in [-0.3, -0.25) is 0 Å². The number of aryl methyl sites for hydroxylation is 1. The summed E-state index contributed by atoms with van der Waals surface area (Å²) in [5.41, 5.74) is 0.691. The third-order valence-corrected chi connectivity index (χ3v) is 2.78. The molecule has 1 aromatic carbocycles. The molecule has 0 radical (unpaired) electrons. The van der Waals surface area contributed by atoms with Crippen molar-refractivity contribution in [1.29, 1.82) is 0 Å². The summed E-state index contributed by atoms with van der Waals surface area (Å²) in [6, 6.07) is 5.23. The fraction of sp³-hybridized carbons (Fsp3) is 0.286. The number of benzene rings is 1. The summed E-state index contributed by atoms with van der Waals surface area (Å²) in [5, 5.41) is 0. The van der Waals surface area contributed by atoms with Crippen LogP contribution in [0.4, 0.5) is 17.6 Å². The molecule has 0 spiro atoms. The van der Waals surface area contributed by atoms with E-state index >= 15 is 0 Å². The molecule has 112 valence electrons. The third kappa shape index (κ3) is 4.14. The fourth-order valence-electron chi connectivity index (χ4n) is 1.78. The fourth-order valence-corrected chi connectivity index (χ4v) is 1.78. The lowest BCUT2D eigenvalue weighted by molar-refractivity contribution is -0.134. The molecule has 0 bridgehead atoms. The number of aromatic nitrogens is 2. The molecule has 1 aromatic heterocycles. The van der Waals surface area contributed by atoms with E-state index in [0.29, 0.717) is 5.56 Å². The molecule has 0 unspecified atom stereocenters. The van der Waals surface area contributed by atoms with E-state index in [0.717, 1.165) is 0 Å². The van der Waals surface area contributed by atoms with Crippen molar-refractivity contribution in [3.63, 3.8) is 0 Å². The standard InChI is InChI=1S/C14H12F4N2O/c1-21-12-8-9(15)2-3-11(12)13-19-7-5-10(20-13)4-6-14(16,17)18/h2-3,5,7-8H,4,6H2,1H3. The van der Waals surface area contributed by atoms with E-state index in [1.54, 1.807) is 0 Å². The van der Waals surface area contributed by atoms with Gasteiger partial charge in [-0.05, 0) is 24.6 Å². The van der Waals surface area contributed by atoms with Crippen LogP contribution in [-0.4, -0.2) is 23.3 Å². The number of rotatable bonds is 4. The highest BCUT2D eigenvalue weighted by molar-refractivity contribution is 5.64. The van der Waals surface area contributed by atoms with Gasteiger partial charge in [-0.1, -0.05) is 0 Å². The van der Waals surface area contributed by atoms with Crippen LogP contribution in [0.25, 0.3) is 11.4 Å². The number of alkyl halides is 3. The summed E-state index contributed by atoms with van der Waals surface area (Å²) in [6.45, 7) is 0. The molecule has 0 N–H and O–H groups in total. The Bertz CT molecular complexity index is 629. The summed E-state index contributed by atoms with van der Waals surface area (Å²) >= 11 is 0. The Morgan fingerprint density at radius 2 is 1.95 bits per heavy atom. The average molecular weight is 300 g/mol. The summed E-state index contributed by atoms with van der Waals surface area (Å²) in [4.78, 5) is 8.07. The van der Waals surface area contributed by atoms with Crippen LogP contribution in [0.2, 0.25) is 0 Å². The van der Waals surface area contributed by atoms with E-state index in [9.17, 15) is 17.6 Å². The second-order valence-electron chi connectivity index (χ2n) is 4.33. The zero-order valence-corrected chi connectivity index (χ0v) is 11.1. The number of hydrogen-bond acceptors (Lipinski definition) is 3. The molecule has 0 aliphatic rings. The van der Waals surface area contributed by atoms with Gasteiger partial charge < -0.3 is 4.74 Å². The number of hydrogen-bond donors (Lipinski definition) is 0. The van der Waals surface area contributed by atoms with Gasteiger partial charge in [0.1, 0.15) is 11.6 Å². The molecule has 2 rings (SSSR count). The van der Waals surface area contributed by atoms with E-state index in [1.807, 2.05) is 0 Å². The van der Waals surface area contributed by atoms with E-state index in [4.69, 9.17) is 4.74 Å². The van der Waals surface area contributed by atoms with Gasteiger partial charge in [0, 0.05) is 24.4 Å². The predicted molar refractivity (Wildman–Crippen MR) is 68.4 cm³/mol. The number of methoxy groups -OCH3 is 1. The van der Waals surface area contributed by atoms with Crippen molar-refractivity contribution >= 4 is 0 Å². The van der Waals surface area contributed by atoms with Crippen LogP contribution < -0.4 is 4.74 Å². The Morgan fingerprint density at radius 1 is 1.19 bits per heavy atom. The average Bonchev–Trinajstić information content (AvgIpc) is 2.44. The van der Waals surface area contributed by atoms with Crippen LogP contribution in [0, 0.1) is 5.82 Å². The van der Waals surface area contributed by atoms with Crippen molar-refractivity contribution in [1.82, 2.24) is 9.97 Å². The first kappa shape index (κ1) is 15.2. The van der Waals surface area contributed by atoms with Crippen LogP contribution in [0.15, 0.2) is 30.5 Å². The molecule has 0 saturated heterocycles. The third-order valence-electron chi connectivity index (χ3n) is 2.78. The molecule has 1 heterocycles. The van der Waals surface area contributed by atoms with Crippen LogP contribution in [0.3, 0.4) is 0 Å². The van der Waals surface area contributed by atoms with Gasteiger partial charge in [-0.2, -0.15) is 13.2 Å². The maximum Gasteiger partial charge on any atom is 0.389 e. The van der Waals surface area contributed by atoms with Gasteiger partial charge in [-0.15, -0.1) is 0 Å². The molecule has 0 atom stereocenters. The first-order valence-electron chi connectivity index (χ1n) is 6.11. The summed E-state index contributed by atoms with van der Waals surface area (Å²) < 4.78 is 54.8. The molecule has 7 heteroatoms. The van der Waals surface area contributed by atoms with Crippen molar-refractivity contribution in [2.24, 2.45) is 0 Å². The highest BCUT2D eigenvalue weighted by Gasteiger charge is 2.26. The van der Waals surface area contributed by atoms with Gasteiger partial charge in [0.05, 0.1) is 12.7 Å². The van der Waals surface area contributed by atoms with E-state index < -0.39 is 18.4 Å². The van der Waals surface area contributed by atoms with Crippen molar-refractivity contribution in [2.45, 2.75) is 19.0 Å². The molecule has 0 saturated carbocycles. The minimum Gasteiger partial charge on any atom is -0.496 e. The summed E-state index contributed by atoms with van der Waals surface area (Å²) in [7, 11) is 1.37. The number of ether oxygens (including phenoxy) is 1.